The third-order valence-corrected chi connectivity index (χ3v) is 11.6. The summed E-state index contributed by atoms with van der Waals surface area (Å²) in [6.45, 7) is 14.4. The topological polar surface area (TPSA) is 252 Å². The molecule has 2 fully saturated rings. The maximum absolute atomic E-state index is 13.8. The molecule has 0 aliphatic carbocycles. The highest BCUT2D eigenvalue weighted by Gasteiger charge is 2.52. The van der Waals surface area contributed by atoms with Gasteiger partial charge in [-0.2, -0.15) is 0 Å². The number of esters is 5. The van der Waals surface area contributed by atoms with Crippen molar-refractivity contribution in [1.29, 1.82) is 0 Å². The van der Waals surface area contributed by atoms with Crippen LogP contribution in [0, 0.1) is 23.7 Å². The fourth-order valence-corrected chi connectivity index (χ4v) is 8.53. The Morgan fingerprint density at radius 1 is 0.788 bits per heavy atom. The summed E-state index contributed by atoms with van der Waals surface area (Å²) in [5, 5.41) is 11.7. The molecule has 0 bridgehead atoms. The van der Waals surface area contributed by atoms with Crippen LogP contribution in [-0.2, 0) is 85.7 Å². The first-order chi connectivity index (χ1) is 31.0. The molecule has 0 radical (unpaired) electrons. The highest BCUT2D eigenvalue weighted by Crippen LogP contribution is 2.36. The van der Waals surface area contributed by atoms with Crippen molar-refractivity contribution in [2.24, 2.45) is 23.7 Å². The summed E-state index contributed by atoms with van der Waals surface area (Å²) >= 11 is 0. The minimum atomic E-state index is -1.40. The highest BCUT2D eigenvalue weighted by molar-refractivity contribution is 5.91. The number of aliphatic hydroxyl groups excluding tert-OH is 1. The molecule has 0 aromatic carbocycles. The lowest BCUT2D eigenvalue weighted by atomic mass is 9.81. The summed E-state index contributed by atoms with van der Waals surface area (Å²) in [5.74, 6) is -7.87. The van der Waals surface area contributed by atoms with Crippen molar-refractivity contribution >= 4 is 48.4 Å². The largest absolute Gasteiger partial charge is 0.512 e. The second-order valence-electron chi connectivity index (χ2n) is 17.2. The Morgan fingerprint density at radius 2 is 1.35 bits per heavy atom. The molecule has 1 N–H and O–H groups in total. The Bertz CT molecular complexity index is 1810. The average molecular weight is 938 g/mol. The molecule has 3 heterocycles. The second kappa shape index (κ2) is 25.8. The fourth-order valence-electron chi connectivity index (χ4n) is 8.53. The van der Waals surface area contributed by atoms with E-state index >= 15 is 0 Å². The number of hydrogen-bond acceptors (Lipinski definition) is 20. The highest BCUT2D eigenvalue weighted by atomic mass is 16.7. The molecule has 20 heteroatoms. The predicted octanol–water partition coefficient (Wildman–Crippen LogP) is 3.41. The molecule has 16 atom stereocenters. The van der Waals surface area contributed by atoms with Crippen LogP contribution in [0.15, 0.2) is 35.6 Å². The zero-order valence-electron chi connectivity index (χ0n) is 39.8. The quantitative estimate of drug-likeness (QED) is 0.140. The average Bonchev–Trinajstić information content (AvgIpc) is 3.22. The molecule has 3 rings (SSSR count). The molecular weight excluding hydrogens is 870 g/mol. The first kappa shape index (κ1) is 55.3. The van der Waals surface area contributed by atoms with E-state index in [1.807, 2.05) is 0 Å². The molecule has 0 unspecified atom stereocenters. The number of ether oxygens (including phenoxy) is 10. The molecule has 66 heavy (non-hydrogen) atoms. The van der Waals surface area contributed by atoms with Crippen molar-refractivity contribution in [3.8, 4) is 0 Å². The van der Waals surface area contributed by atoms with E-state index < -0.39 is 133 Å². The van der Waals surface area contributed by atoms with Gasteiger partial charge in [0.15, 0.2) is 42.8 Å². The lowest BCUT2D eigenvalue weighted by Crippen LogP contribution is -2.65. The molecule has 370 valence electrons. The molecule has 3 aliphatic heterocycles. The first-order valence-corrected chi connectivity index (χ1v) is 22.0. The number of nitrogens with zero attached hydrogens (tertiary/aromatic N) is 1. The van der Waals surface area contributed by atoms with Gasteiger partial charge in [0.25, 0.3) is 6.47 Å². The van der Waals surface area contributed by atoms with Gasteiger partial charge in [-0.3, -0.25) is 33.7 Å². The Balaban J connectivity index is 2.09. The Morgan fingerprint density at radius 3 is 1.91 bits per heavy atom. The molecule has 20 nitrogen and oxygen atoms in total. The summed E-state index contributed by atoms with van der Waals surface area (Å²) in [4.78, 5) is 102. The molecule has 0 aromatic rings. The lowest BCUT2D eigenvalue weighted by molar-refractivity contribution is -0.305. The molecule has 2 saturated heterocycles. The molecule has 3 aliphatic rings. The van der Waals surface area contributed by atoms with Gasteiger partial charge in [-0.15, -0.1) is 0 Å². The number of likely N-dealkylation sites (N-methyl/N-ethyl adjacent to an activating group) is 1. The van der Waals surface area contributed by atoms with Crippen LogP contribution in [-0.4, -0.2) is 153 Å². The van der Waals surface area contributed by atoms with Crippen molar-refractivity contribution in [2.45, 2.75) is 162 Å². The fraction of sp³-hybridized carbons (Fsp3) is 0.696. The number of carbonyl (C=O) groups is 8. The van der Waals surface area contributed by atoms with Crippen molar-refractivity contribution in [3.05, 3.63) is 35.6 Å². The molecule has 0 aromatic heterocycles. The Hall–Kier alpha value is -5.02. The number of aliphatic hydroxyl groups is 1. The van der Waals surface area contributed by atoms with E-state index in [9.17, 15) is 43.5 Å². The van der Waals surface area contributed by atoms with Crippen LogP contribution in [0.5, 0.6) is 0 Å². The SMILES string of the molecule is CC[C@H]1OC(=O)/C=C(\O)[C@H](C)[C@@H](O[C@@H]2O[C@H](C)[C@@H](OC(C)=O)[C@H](N(C)C)[C@H]2OC(C)=O)[C@@H](CC=O)C[C@@H](C)C(=O)/C=C/C(C)=C/[C@@H]1CO[C@@H]1O[C@H](C)[C@@H](OC(C)=O)[C@@H](OC=O)[C@H]1OC(C)=O. The molecular formula is C46H67NO19. The van der Waals surface area contributed by atoms with Crippen LogP contribution in [0.2, 0.25) is 0 Å². The number of ketones is 1. The molecule has 0 amide bonds. The van der Waals surface area contributed by atoms with E-state index in [1.54, 1.807) is 72.7 Å². The molecule has 0 saturated carbocycles. The zero-order valence-corrected chi connectivity index (χ0v) is 39.8. The summed E-state index contributed by atoms with van der Waals surface area (Å²) < 4.78 is 58.5. The maximum Gasteiger partial charge on any atom is 0.334 e. The molecule has 0 spiro atoms. The van der Waals surface area contributed by atoms with Crippen LogP contribution in [0.4, 0.5) is 0 Å². The summed E-state index contributed by atoms with van der Waals surface area (Å²) in [7, 11) is 3.39. The van der Waals surface area contributed by atoms with Crippen molar-refractivity contribution < 1.29 is 90.8 Å². The van der Waals surface area contributed by atoms with Crippen molar-refractivity contribution in [3.63, 3.8) is 0 Å². The van der Waals surface area contributed by atoms with E-state index in [4.69, 9.17) is 47.4 Å². The van der Waals surface area contributed by atoms with Gasteiger partial charge in [-0.1, -0.05) is 38.5 Å². The van der Waals surface area contributed by atoms with Crippen LogP contribution in [0.1, 0.15) is 88.5 Å². The standard InChI is InChI=1S/C46H67NO19/c1-13-36-33(21-57-45-44(64-31(10)53)43(58-22-49)41(27(6)59-45)62-29(8)51)18-23(2)14-15-34(54)24(3)19-32(16-17-48)39(25(4)35(55)20-37(56)65-36)66-46-42(63-30(9)52)38(47(11)12)40(26(5)60-46)61-28(7)50/h14-15,17-18,20,22,24-27,32-33,36,38-46,55H,13,16,19,21H2,1-12H3/b15-14+,23-18+,35-20-/t24-,25+,26-,27-,32+,33-,36-,38+,39-,40-,41-,42-,43-,44-,45-,46+/m1/s1. The van der Waals surface area contributed by atoms with Gasteiger partial charge in [-0.25, -0.2) is 4.79 Å². The van der Waals surface area contributed by atoms with Crippen LogP contribution < -0.4 is 0 Å². The van der Waals surface area contributed by atoms with Crippen molar-refractivity contribution in [2.75, 3.05) is 20.7 Å². The van der Waals surface area contributed by atoms with Gasteiger partial charge >= 0.3 is 29.8 Å². The van der Waals surface area contributed by atoms with Gasteiger partial charge in [0, 0.05) is 51.9 Å². The van der Waals surface area contributed by atoms with Gasteiger partial charge in [0.2, 0.25) is 0 Å². The van der Waals surface area contributed by atoms with Crippen LogP contribution >= 0.6 is 0 Å². The predicted molar refractivity (Wildman–Crippen MR) is 230 cm³/mol. The zero-order chi connectivity index (χ0) is 49.6. The third-order valence-electron chi connectivity index (χ3n) is 11.6. The van der Waals surface area contributed by atoms with E-state index in [1.165, 1.54) is 19.9 Å². The Labute approximate surface area is 385 Å². The minimum absolute atomic E-state index is 0.0654. The van der Waals surface area contributed by atoms with Crippen molar-refractivity contribution in [1.82, 2.24) is 4.90 Å². The minimum Gasteiger partial charge on any atom is -0.512 e. The van der Waals surface area contributed by atoms with Gasteiger partial charge in [-0.05, 0) is 59.7 Å². The Kier molecular flexibility index (Phi) is 21.6. The number of aldehydes is 1. The van der Waals surface area contributed by atoms with Gasteiger partial charge < -0.3 is 57.3 Å². The van der Waals surface area contributed by atoms with E-state index in [0.717, 1.165) is 19.9 Å². The summed E-state index contributed by atoms with van der Waals surface area (Å²) in [6.07, 6.45) is -6.25. The van der Waals surface area contributed by atoms with E-state index in [2.05, 4.69) is 0 Å². The van der Waals surface area contributed by atoms with Gasteiger partial charge in [0.05, 0.1) is 37.0 Å². The summed E-state index contributed by atoms with van der Waals surface area (Å²) in [6, 6.07) is -0.786. The second-order valence-corrected chi connectivity index (χ2v) is 17.2. The number of hydrogen-bond donors (Lipinski definition) is 1. The maximum atomic E-state index is 13.8. The monoisotopic (exact) mass is 937 g/mol. The number of rotatable bonds is 15. The van der Waals surface area contributed by atoms with E-state index in [-0.39, 0.29) is 38.1 Å². The van der Waals surface area contributed by atoms with Crippen LogP contribution in [0.3, 0.4) is 0 Å². The smallest absolute Gasteiger partial charge is 0.334 e. The number of cyclic esters (lactones) is 1. The number of carbonyl (C=O) groups excluding carboxylic acids is 8. The third kappa shape index (κ3) is 15.5. The lowest BCUT2D eigenvalue weighted by Gasteiger charge is -2.48. The summed E-state index contributed by atoms with van der Waals surface area (Å²) in [5.41, 5.74) is 0.553. The number of allylic oxidation sites excluding steroid dienone is 3. The van der Waals surface area contributed by atoms with Gasteiger partial charge in [0.1, 0.15) is 24.3 Å². The van der Waals surface area contributed by atoms with Crippen LogP contribution in [0.25, 0.3) is 0 Å². The normalized spacial score (nSPS) is 36.8. The van der Waals surface area contributed by atoms with E-state index in [0.29, 0.717) is 11.9 Å². The first-order valence-electron chi connectivity index (χ1n) is 22.0.